The van der Waals surface area contributed by atoms with E-state index in [2.05, 4.69) is 15.9 Å². The molecule has 0 atom stereocenters. The molecule has 2 aromatic carbocycles. The Bertz CT molecular complexity index is 823. The lowest BCUT2D eigenvalue weighted by atomic mass is 10.2. The summed E-state index contributed by atoms with van der Waals surface area (Å²) >= 11 is 9.08. The molecule has 0 amide bonds. The maximum atomic E-state index is 12.0. The lowest BCUT2D eigenvalue weighted by molar-refractivity contribution is 0.0472. The first-order valence-corrected chi connectivity index (χ1v) is 8.73. The van der Waals surface area contributed by atoms with Gasteiger partial charge in [0.1, 0.15) is 11.5 Å². The first-order chi connectivity index (χ1) is 10.3. The summed E-state index contributed by atoms with van der Waals surface area (Å²) in [6.07, 6.45) is 0. The maximum absolute atomic E-state index is 12.0. The van der Waals surface area contributed by atoms with Crippen LogP contribution in [-0.2, 0) is 21.4 Å². The van der Waals surface area contributed by atoms with Crippen LogP contribution in [0, 0.1) is 0 Å². The standard InChI is InChI=1S/C14H11BrClNO4S/c15-11-3-1-2-9(6-11)8-21-14(18)10-4-5-12(16)13(7-10)22(17,19)20/h1-7H,8H2,(H2,17,19,20). The van der Waals surface area contributed by atoms with Gasteiger partial charge in [-0.3, -0.25) is 0 Å². The van der Waals surface area contributed by atoms with Crippen LogP contribution in [0.4, 0.5) is 0 Å². The highest BCUT2D eigenvalue weighted by molar-refractivity contribution is 9.10. The van der Waals surface area contributed by atoms with Gasteiger partial charge in [0.15, 0.2) is 0 Å². The molecule has 0 unspecified atom stereocenters. The monoisotopic (exact) mass is 403 g/mol. The second kappa shape index (κ2) is 6.78. The van der Waals surface area contributed by atoms with Crippen LogP contribution >= 0.6 is 27.5 Å². The molecule has 116 valence electrons. The zero-order chi connectivity index (χ0) is 16.3. The summed E-state index contributed by atoms with van der Waals surface area (Å²) in [6.45, 7) is 0.0611. The van der Waals surface area contributed by atoms with Gasteiger partial charge in [0, 0.05) is 4.47 Å². The maximum Gasteiger partial charge on any atom is 0.338 e. The molecule has 0 radical (unpaired) electrons. The molecule has 0 aliphatic carbocycles. The fourth-order valence-corrected chi connectivity index (χ4v) is 3.23. The zero-order valence-electron chi connectivity index (χ0n) is 11.1. The molecule has 0 saturated carbocycles. The van der Waals surface area contributed by atoms with Crippen molar-refractivity contribution >= 4 is 43.5 Å². The van der Waals surface area contributed by atoms with Crippen LogP contribution in [0.15, 0.2) is 51.8 Å². The van der Waals surface area contributed by atoms with Crippen molar-refractivity contribution in [3.8, 4) is 0 Å². The smallest absolute Gasteiger partial charge is 0.338 e. The van der Waals surface area contributed by atoms with Crippen LogP contribution in [0.3, 0.4) is 0 Å². The van der Waals surface area contributed by atoms with Crippen molar-refractivity contribution in [2.75, 3.05) is 0 Å². The number of rotatable bonds is 4. The Labute approximate surface area is 141 Å². The third-order valence-electron chi connectivity index (χ3n) is 2.73. The summed E-state index contributed by atoms with van der Waals surface area (Å²) in [5.74, 6) is -0.665. The highest BCUT2D eigenvalue weighted by Crippen LogP contribution is 2.22. The molecule has 2 rings (SSSR count). The fourth-order valence-electron chi connectivity index (χ4n) is 1.71. The first kappa shape index (κ1) is 17.0. The molecule has 0 fully saturated rings. The molecule has 0 aliphatic rings. The van der Waals surface area contributed by atoms with Crippen LogP contribution in [0.1, 0.15) is 15.9 Å². The average Bonchev–Trinajstić information content (AvgIpc) is 2.44. The van der Waals surface area contributed by atoms with E-state index in [0.717, 1.165) is 16.1 Å². The second-order valence-electron chi connectivity index (χ2n) is 4.40. The minimum absolute atomic E-state index is 0.0500. The number of primary sulfonamides is 1. The number of carbonyl (C=O) groups excluding carboxylic acids is 1. The minimum Gasteiger partial charge on any atom is -0.457 e. The van der Waals surface area contributed by atoms with Crippen molar-refractivity contribution in [2.24, 2.45) is 5.14 Å². The number of sulfonamides is 1. The Hall–Kier alpha value is -1.41. The molecule has 0 aliphatic heterocycles. The van der Waals surface area contributed by atoms with Gasteiger partial charge in [0.2, 0.25) is 10.0 Å². The van der Waals surface area contributed by atoms with Gasteiger partial charge in [-0.2, -0.15) is 0 Å². The van der Waals surface area contributed by atoms with Gasteiger partial charge in [-0.1, -0.05) is 39.7 Å². The largest absolute Gasteiger partial charge is 0.457 e. The predicted octanol–water partition coefficient (Wildman–Crippen LogP) is 3.11. The number of nitrogens with two attached hydrogens (primary N) is 1. The van der Waals surface area contributed by atoms with Crippen molar-refractivity contribution < 1.29 is 17.9 Å². The highest BCUT2D eigenvalue weighted by atomic mass is 79.9. The predicted molar refractivity (Wildman–Crippen MR) is 86.1 cm³/mol. The molecule has 0 aromatic heterocycles. The summed E-state index contributed by atoms with van der Waals surface area (Å²) < 4.78 is 28.8. The Balaban J connectivity index is 2.17. The van der Waals surface area contributed by atoms with Crippen LogP contribution in [-0.4, -0.2) is 14.4 Å². The van der Waals surface area contributed by atoms with Gasteiger partial charge in [0.25, 0.3) is 0 Å². The summed E-state index contributed by atoms with van der Waals surface area (Å²) in [7, 11) is -4.01. The molecule has 0 heterocycles. The van der Waals surface area contributed by atoms with E-state index in [0.29, 0.717) is 0 Å². The van der Waals surface area contributed by atoms with Crippen molar-refractivity contribution in [2.45, 2.75) is 11.5 Å². The summed E-state index contributed by atoms with van der Waals surface area (Å²) in [4.78, 5) is 11.7. The number of ether oxygens (including phenoxy) is 1. The quantitative estimate of drug-likeness (QED) is 0.793. The lowest BCUT2D eigenvalue weighted by Gasteiger charge is -2.07. The Morgan fingerprint density at radius 1 is 1.23 bits per heavy atom. The lowest BCUT2D eigenvalue weighted by Crippen LogP contribution is -2.14. The third kappa shape index (κ3) is 4.30. The van der Waals surface area contributed by atoms with Gasteiger partial charge in [-0.15, -0.1) is 0 Å². The van der Waals surface area contributed by atoms with E-state index in [1.54, 1.807) is 6.07 Å². The highest BCUT2D eigenvalue weighted by Gasteiger charge is 2.17. The zero-order valence-corrected chi connectivity index (χ0v) is 14.3. The number of benzene rings is 2. The molecule has 22 heavy (non-hydrogen) atoms. The molecule has 0 saturated heterocycles. The topological polar surface area (TPSA) is 86.5 Å². The van der Waals surface area contributed by atoms with Gasteiger partial charge in [0.05, 0.1) is 10.6 Å². The van der Waals surface area contributed by atoms with Crippen LogP contribution in [0.5, 0.6) is 0 Å². The molecule has 2 N–H and O–H groups in total. The van der Waals surface area contributed by atoms with E-state index >= 15 is 0 Å². The summed E-state index contributed by atoms with van der Waals surface area (Å²) in [5.41, 5.74) is 0.854. The summed E-state index contributed by atoms with van der Waals surface area (Å²) in [6, 6.07) is 11.0. The molecule has 0 spiro atoms. The van der Waals surface area contributed by atoms with Gasteiger partial charge >= 0.3 is 5.97 Å². The SMILES string of the molecule is NS(=O)(=O)c1cc(C(=O)OCc2cccc(Br)c2)ccc1Cl. The Morgan fingerprint density at radius 2 is 1.95 bits per heavy atom. The molecule has 0 bridgehead atoms. The van der Waals surface area contributed by atoms with Crippen molar-refractivity contribution in [1.29, 1.82) is 0 Å². The van der Waals surface area contributed by atoms with E-state index in [9.17, 15) is 13.2 Å². The van der Waals surface area contributed by atoms with Crippen molar-refractivity contribution in [3.05, 3.63) is 63.1 Å². The van der Waals surface area contributed by atoms with Gasteiger partial charge in [-0.05, 0) is 35.9 Å². The molecule has 8 heteroatoms. The average molecular weight is 405 g/mol. The number of hydrogen-bond donors (Lipinski definition) is 1. The van der Waals surface area contributed by atoms with Crippen LogP contribution < -0.4 is 5.14 Å². The summed E-state index contributed by atoms with van der Waals surface area (Å²) in [5, 5.41) is 4.99. The van der Waals surface area contributed by atoms with E-state index in [1.807, 2.05) is 18.2 Å². The minimum atomic E-state index is -4.01. The van der Waals surface area contributed by atoms with Crippen LogP contribution in [0.25, 0.3) is 0 Å². The number of esters is 1. The fraction of sp³-hybridized carbons (Fsp3) is 0.0714. The number of carbonyl (C=O) groups is 1. The number of hydrogen-bond acceptors (Lipinski definition) is 4. The Morgan fingerprint density at radius 3 is 2.59 bits per heavy atom. The normalized spacial score (nSPS) is 11.2. The molecular formula is C14H11BrClNO4S. The molecule has 2 aromatic rings. The third-order valence-corrected chi connectivity index (χ3v) is 4.62. The van der Waals surface area contributed by atoms with E-state index in [4.69, 9.17) is 21.5 Å². The first-order valence-electron chi connectivity index (χ1n) is 6.01. The van der Waals surface area contributed by atoms with Gasteiger partial charge in [-0.25, -0.2) is 18.4 Å². The molecule has 5 nitrogen and oxygen atoms in total. The van der Waals surface area contributed by atoms with Crippen molar-refractivity contribution in [3.63, 3.8) is 0 Å². The Kier molecular flexibility index (Phi) is 5.23. The van der Waals surface area contributed by atoms with Crippen LogP contribution in [0.2, 0.25) is 5.02 Å². The van der Waals surface area contributed by atoms with E-state index in [1.165, 1.54) is 12.1 Å². The second-order valence-corrected chi connectivity index (χ2v) is 7.25. The number of halogens is 2. The van der Waals surface area contributed by atoms with E-state index < -0.39 is 16.0 Å². The van der Waals surface area contributed by atoms with Gasteiger partial charge < -0.3 is 4.74 Å². The van der Waals surface area contributed by atoms with Crippen molar-refractivity contribution in [1.82, 2.24) is 0 Å². The molecular weight excluding hydrogens is 394 g/mol. The van der Waals surface area contributed by atoms with E-state index in [-0.39, 0.29) is 22.1 Å².